The molecule has 9 heteroatoms. The van der Waals surface area contributed by atoms with Gasteiger partial charge in [0.05, 0.1) is 29.8 Å². The van der Waals surface area contributed by atoms with Gasteiger partial charge in [0.25, 0.3) is 11.8 Å². The maximum absolute atomic E-state index is 13.0. The molecule has 0 atom stereocenters. The molecule has 0 aliphatic rings. The van der Waals surface area contributed by atoms with Crippen molar-refractivity contribution in [3.05, 3.63) is 70.6 Å². The van der Waals surface area contributed by atoms with Crippen LogP contribution >= 0.6 is 11.3 Å². The first kappa shape index (κ1) is 23.8. The fourth-order valence-corrected chi connectivity index (χ4v) is 4.13. The summed E-state index contributed by atoms with van der Waals surface area (Å²) in [5.41, 5.74) is 1.03. The van der Waals surface area contributed by atoms with E-state index in [2.05, 4.69) is 10.6 Å². The molecular formula is C24H24N2O6S. The Labute approximate surface area is 195 Å². The number of esters is 1. The molecule has 0 bridgehead atoms. The number of nitrogens with one attached hydrogen (secondary N) is 2. The summed E-state index contributed by atoms with van der Waals surface area (Å²) in [5, 5.41) is 5.68. The van der Waals surface area contributed by atoms with Crippen LogP contribution in [0.5, 0.6) is 11.5 Å². The molecule has 1 aromatic heterocycles. The normalized spacial score (nSPS) is 10.3. The number of carbonyl (C=O) groups excluding carboxylic acids is 3. The van der Waals surface area contributed by atoms with E-state index in [0.717, 1.165) is 11.3 Å². The minimum Gasteiger partial charge on any atom is -0.495 e. The van der Waals surface area contributed by atoms with Crippen LogP contribution in [0.15, 0.2) is 54.6 Å². The van der Waals surface area contributed by atoms with Crippen molar-refractivity contribution in [2.24, 2.45) is 0 Å². The van der Waals surface area contributed by atoms with Crippen LogP contribution in [0.4, 0.5) is 10.7 Å². The Morgan fingerprint density at radius 3 is 2.36 bits per heavy atom. The average Bonchev–Trinajstić information content (AvgIpc) is 3.14. The standard InChI is InChI=1S/C24H24N2O6S/c1-4-31-24(29)20-15(2)21(22(28)25-17-12-8-9-13-18(17)30-3)33-23(20)26-19(27)14-32-16-10-6-5-7-11-16/h5-13H,4,14H2,1-3H3,(H,25,28)(H,26,27). The number of hydrogen-bond donors (Lipinski definition) is 2. The van der Waals surface area contributed by atoms with Crippen molar-refractivity contribution in [3.8, 4) is 11.5 Å². The van der Waals surface area contributed by atoms with Crippen LogP contribution in [-0.4, -0.2) is 38.1 Å². The number of para-hydroxylation sites is 3. The molecule has 0 aliphatic heterocycles. The molecule has 0 saturated heterocycles. The summed E-state index contributed by atoms with van der Waals surface area (Å²) in [6, 6.07) is 15.9. The van der Waals surface area contributed by atoms with E-state index in [-0.39, 0.29) is 28.7 Å². The quantitative estimate of drug-likeness (QED) is 0.448. The fourth-order valence-electron chi connectivity index (χ4n) is 3.02. The van der Waals surface area contributed by atoms with E-state index >= 15 is 0 Å². The summed E-state index contributed by atoms with van der Waals surface area (Å²) in [6.07, 6.45) is 0. The van der Waals surface area contributed by atoms with Crippen LogP contribution in [0.2, 0.25) is 0 Å². The molecule has 0 radical (unpaired) electrons. The molecule has 0 unspecified atom stereocenters. The lowest BCUT2D eigenvalue weighted by Gasteiger charge is -2.09. The molecule has 3 rings (SSSR count). The smallest absolute Gasteiger partial charge is 0.341 e. The third kappa shape index (κ3) is 5.89. The third-order valence-electron chi connectivity index (χ3n) is 4.55. The molecule has 172 valence electrons. The Kier molecular flexibility index (Phi) is 8.04. The number of amides is 2. The van der Waals surface area contributed by atoms with E-state index in [9.17, 15) is 14.4 Å². The fraction of sp³-hybridized carbons (Fsp3) is 0.208. The molecule has 33 heavy (non-hydrogen) atoms. The Balaban J connectivity index is 1.83. The molecule has 3 aromatic rings. The zero-order valence-corrected chi connectivity index (χ0v) is 19.3. The van der Waals surface area contributed by atoms with Gasteiger partial charge >= 0.3 is 5.97 Å². The molecule has 0 spiro atoms. The Morgan fingerprint density at radius 2 is 1.67 bits per heavy atom. The molecule has 2 amide bonds. The lowest BCUT2D eigenvalue weighted by molar-refractivity contribution is -0.118. The van der Waals surface area contributed by atoms with Crippen LogP contribution in [0, 0.1) is 6.92 Å². The van der Waals surface area contributed by atoms with Crippen LogP contribution in [0.1, 0.15) is 32.5 Å². The van der Waals surface area contributed by atoms with Gasteiger partial charge in [-0.15, -0.1) is 11.3 Å². The van der Waals surface area contributed by atoms with E-state index < -0.39 is 17.8 Å². The van der Waals surface area contributed by atoms with Crippen LogP contribution in [0.25, 0.3) is 0 Å². The Bertz CT molecular complexity index is 1140. The van der Waals surface area contributed by atoms with Gasteiger partial charge in [-0.3, -0.25) is 9.59 Å². The monoisotopic (exact) mass is 468 g/mol. The van der Waals surface area contributed by atoms with Gasteiger partial charge in [-0.2, -0.15) is 0 Å². The highest BCUT2D eigenvalue weighted by atomic mass is 32.1. The van der Waals surface area contributed by atoms with E-state index in [1.807, 2.05) is 6.07 Å². The van der Waals surface area contributed by atoms with Crippen molar-refractivity contribution in [2.45, 2.75) is 13.8 Å². The number of rotatable bonds is 9. The summed E-state index contributed by atoms with van der Waals surface area (Å²) in [6.45, 7) is 3.21. The van der Waals surface area contributed by atoms with Gasteiger partial charge in [0.15, 0.2) is 6.61 Å². The summed E-state index contributed by atoms with van der Waals surface area (Å²) >= 11 is 0.990. The predicted octanol–water partition coefficient (Wildman–Crippen LogP) is 4.51. The van der Waals surface area contributed by atoms with Crippen molar-refractivity contribution < 1.29 is 28.6 Å². The first-order chi connectivity index (χ1) is 15.9. The molecule has 0 aliphatic carbocycles. The number of anilines is 2. The third-order valence-corrected chi connectivity index (χ3v) is 5.76. The van der Waals surface area contributed by atoms with Crippen molar-refractivity contribution in [3.63, 3.8) is 0 Å². The number of thiophene rings is 1. The maximum Gasteiger partial charge on any atom is 0.341 e. The average molecular weight is 469 g/mol. The zero-order valence-electron chi connectivity index (χ0n) is 18.5. The minimum absolute atomic E-state index is 0.139. The molecule has 8 nitrogen and oxygen atoms in total. The molecule has 0 saturated carbocycles. The number of ether oxygens (including phenoxy) is 3. The van der Waals surface area contributed by atoms with Crippen LogP contribution < -0.4 is 20.1 Å². The van der Waals surface area contributed by atoms with Gasteiger partial charge in [-0.1, -0.05) is 30.3 Å². The second kappa shape index (κ2) is 11.1. The molecule has 2 N–H and O–H groups in total. The molecule has 1 heterocycles. The van der Waals surface area contributed by atoms with Gasteiger partial charge < -0.3 is 24.8 Å². The second-order valence-electron chi connectivity index (χ2n) is 6.79. The predicted molar refractivity (Wildman–Crippen MR) is 127 cm³/mol. The summed E-state index contributed by atoms with van der Waals surface area (Å²) in [7, 11) is 1.51. The largest absolute Gasteiger partial charge is 0.495 e. The highest BCUT2D eigenvalue weighted by molar-refractivity contribution is 7.19. The minimum atomic E-state index is -0.623. The zero-order chi connectivity index (χ0) is 23.8. The van der Waals surface area contributed by atoms with Crippen molar-refractivity contribution in [2.75, 3.05) is 31.0 Å². The van der Waals surface area contributed by atoms with Crippen molar-refractivity contribution in [1.82, 2.24) is 0 Å². The van der Waals surface area contributed by atoms with Gasteiger partial charge in [0.2, 0.25) is 0 Å². The highest BCUT2D eigenvalue weighted by Gasteiger charge is 2.27. The highest BCUT2D eigenvalue weighted by Crippen LogP contribution is 2.35. The number of benzene rings is 2. The van der Waals surface area contributed by atoms with E-state index in [1.165, 1.54) is 7.11 Å². The summed E-state index contributed by atoms with van der Waals surface area (Å²) in [4.78, 5) is 38.3. The van der Waals surface area contributed by atoms with Crippen molar-refractivity contribution in [1.29, 1.82) is 0 Å². The van der Waals surface area contributed by atoms with Gasteiger partial charge in [0, 0.05) is 0 Å². The molecular weight excluding hydrogens is 444 g/mol. The van der Waals surface area contributed by atoms with Crippen molar-refractivity contribution >= 4 is 39.8 Å². The van der Waals surface area contributed by atoms with E-state index in [1.54, 1.807) is 62.4 Å². The van der Waals surface area contributed by atoms with Gasteiger partial charge in [0.1, 0.15) is 16.5 Å². The summed E-state index contributed by atoms with van der Waals surface area (Å²) in [5.74, 6) is -0.493. The van der Waals surface area contributed by atoms with E-state index in [4.69, 9.17) is 14.2 Å². The van der Waals surface area contributed by atoms with E-state index in [0.29, 0.717) is 22.7 Å². The lowest BCUT2D eigenvalue weighted by Crippen LogP contribution is -2.21. The van der Waals surface area contributed by atoms with Crippen LogP contribution in [0.3, 0.4) is 0 Å². The maximum atomic E-state index is 13.0. The number of hydrogen-bond acceptors (Lipinski definition) is 7. The lowest BCUT2D eigenvalue weighted by atomic mass is 10.1. The molecule has 0 fully saturated rings. The Hall–Kier alpha value is -3.85. The Morgan fingerprint density at radius 1 is 0.970 bits per heavy atom. The first-order valence-electron chi connectivity index (χ1n) is 10.2. The number of carbonyl (C=O) groups is 3. The molecule has 2 aromatic carbocycles. The van der Waals surface area contributed by atoms with Gasteiger partial charge in [-0.25, -0.2) is 4.79 Å². The number of methoxy groups -OCH3 is 1. The SMILES string of the molecule is CCOC(=O)c1c(NC(=O)COc2ccccc2)sc(C(=O)Nc2ccccc2OC)c1C. The topological polar surface area (TPSA) is 103 Å². The van der Waals surface area contributed by atoms with Crippen LogP contribution in [-0.2, 0) is 9.53 Å². The van der Waals surface area contributed by atoms with Gasteiger partial charge in [-0.05, 0) is 43.7 Å². The second-order valence-corrected chi connectivity index (χ2v) is 7.81. The summed E-state index contributed by atoms with van der Waals surface area (Å²) < 4.78 is 15.9. The first-order valence-corrected chi connectivity index (χ1v) is 11.0.